The zero-order valence-corrected chi connectivity index (χ0v) is 18.1. The van der Waals surface area contributed by atoms with Gasteiger partial charge in [-0.3, -0.25) is 0 Å². The maximum atomic E-state index is 11.0. The van der Waals surface area contributed by atoms with E-state index in [0.717, 1.165) is 46.9 Å². The van der Waals surface area contributed by atoms with E-state index >= 15 is 0 Å². The SMILES string of the molecule is Nc1ccc2ccc(OC[C@H]3C[C@@H](n4c5c(c6c(N)ncnc64)CCC5)[C@H](O)[C@@H]3O)cc2n1. The molecular formula is C24H26N6O3. The highest BCUT2D eigenvalue weighted by Crippen LogP contribution is 2.43. The van der Waals surface area contributed by atoms with E-state index in [9.17, 15) is 10.2 Å². The van der Waals surface area contributed by atoms with Crippen molar-refractivity contribution in [1.29, 1.82) is 0 Å². The Morgan fingerprint density at radius 2 is 1.91 bits per heavy atom. The fraction of sp³-hybridized carbons (Fsp3) is 0.375. The van der Waals surface area contributed by atoms with Crippen molar-refractivity contribution in [2.45, 2.75) is 43.9 Å². The van der Waals surface area contributed by atoms with E-state index in [4.69, 9.17) is 16.2 Å². The number of nitrogen functional groups attached to an aromatic ring is 2. The fourth-order valence-electron chi connectivity index (χ4n) is 5.54. The van der Waals surface area contributed by atoms with E-state index in [2.05, 4.69) is 19.5 Å². The van der Waals surface area contributed by atoms with Gasteiger partial charge in [-0.2, -0.15) is 0 Å². The predicted octanol–water partition coefficient (Wildman–Crippen LogP) is 1.99. The predicted molar refractivity (Wildman–Crippen MR) is 125 cm³/mol. The molecular weight excluding hydrogens is 420 g/mol. The Hall–Kier alpha value is -3.43. The van der Waals surface area contributed by atoms with E-state index in [1.807, 2.05) is 24.3 Å². The highest BCUT2D eigenvalue weighted by molar-refractivity contribution is 5.91. The summed E-state index contributed by atoms with van der Waals surface area (Å²) in [5.74, 6) is 1.34. The second kappa shape index (κ2) is 7.57. The summed E-state index contributed by atoms with van der Waals surface area (Å²) >= 11 is 0. The molecule has 4 aromatic rings. The van der Waals surface area contributed by atoms with Crippen molar-refractivity contribution in [2.24, 2.45) is 5.92 Å². The van der Waals surface area contributed by atoms with Crippen LogP contribution in [0, 0.1) is 5.92 Å². The first-order valence-corrected chi connectivity index (χ1v) is 11.3. The zero-order valence-electron chi connectivity index (χ0n) is 18.1. The number of aliphatic hydroxyl groups is 2. The number of pyridine rings is 1. The summed E-state index contributed by atoms with van der Waals surface area (Å²) in [4.78, 5) is 13.0. The quantitative estimate of drug-likeness (QED) is 0.372. The van der Waals surface area contributed by atoms with Gasteiger partial charge in [0.15, 0.2) is 0 Å². The topological polar surface area (TPSA) is 145 Å². The molecule has 0 bridgehead atoms. The summed E-state index contributed by atoms with van der Waals surface area (Å²) in [5.41, 5.74) is 15.8. The summed E-state index contributed by atoms with van der Waals surface area (Å²) < 4.78 is 8.10. The smallest absolute Gasteiger partial charge is 0.146 e. The Labute approximate surface area is 190 Å². The molecule has 9 heteroatoms. The number of rotatable bonds is 4. The maximum Gasteiger partial charge on any atom is 0.146 e. The number of benzene rings is 1. The van der Waals surface area contributed by atoms with Gasteiger partial charge in [-0.05, 0) is 55.5 Å². The van der Waals surface area contributed by atoms with Crippen LogP contribution in [-0.4, -0.2) is 48.5 Å². The number of nitrogens with two attached hydrogens (primary N) is 2. The third-order valence-electron chi connectivity index (χ3n) is 7.12. The monoisotopic (exact) mass is 446 g/mol. The van der Waals surface area contributed by atoms with E-state index in [1.54, 1.807) is 6.07 Å². The normalized spacial score (nSPS) is 24.5. The van der Waals surface area contributed by atoms with Crippen molar-refractivity contribution in [2.75, 3.05) is 18.1 Å². The standard InChI is InChI=1S/C24H26N6O3/c25-19-7-5-12-4-6-14(9-16(12)29-19)33-10-13-8-18(22(32)21(13)31)30-17-3-1-2-15(17)20-23(26)27-11-28-24(20)30/h4-7,9,11,13,18,21-22,31-32H,1-3,8,10H2,(H2,25,29)(H2,26,27,28)/t13-,18-,21-,22+/m1/s1. The van der Waals surface area contributed by atoms with Crippen molar-refractivity contribution in [3.05, 3.63) is 47.9 Å². The molecule has 0 amide bonds. The van der Waals surface area contributed by atoms with Gasteiger partial charge in [0.2, 0.25) is 0 Å². The fourth-order valence-corrected chi connectivity index (χ4v) is 5.54. The Morgan fingerprint density at radius 3 is 2.79 bits per heavy atom. The number of nitrogens with zero attached hydrogens (tertiary/aromatic N) is 4. The third-order valence-corrected chi connectivity index (χ3v) is 7.12. The van der Waals surface area contributed by atoms with Crippen LogP contribution in [0.3, 0.4) is 0 Å². The molecule has 1 fully saturated rings. The molecule has 6 rings (SSSR count). The Balaban J connectivity index is 1.27. The van der Waals surface area contributed by atoms with Gasteiger partial charge in [0.25, 0.3) is 0 Å². The van der Waals surface area contributed by atoms with Gasteiger partial charge < -0.3 is 31.0 Å². The molecule has 9 nitrogen and oxygen atoms in total. The molecule has 0 aliphatic heterocycles. The van der Waals surface area contributed by atoms with Crippen LogP contribution < -0.4 is 16.2 Å². The average molecular weight is 447 g/mol. The lowest BCUT2D eigenvalue weighted by molar-refractivity contribution is -0.00165. The molecule has 4 atom stereocenters. The first-order chi connectivity index (χ1) is 16.0. The second-order valence-corrected chi connectivity index (χ2v) is 9.05. The first-order valence-electron chi connectivity index (χ1n) is 11.3. The molecule has 33 heavy (non-hydrogen) atoms. The minimum atomic E-state index is -0.923. The summed E-state index contributed by atoms with van der Waals surface area (Å²) in [5, 5.41) is 23.7. The number of aromatic nitrogens is 4. The lowest BCUT2D eigenvalue weighted by atomic mass is 10.1. The second-order valence-electron chi connectivity index (χ2n) is 9.05. The Kier molecular flexibility index (Phi) is 4.63. The van der Waals surface area contributed by atoms with Gasteiger partial charge in [0, 0.05) is 23.1 Å². The lowest BCUT2D eigenvalue weighted by Gasteiger charge is -2.21. The highest BCUT2D eigenvalue weighted by Gasteiger charge is 2.44. The van der Waals surface area contributed by atoms with Crippen LogP contribution in [0.4, 0.5) is 11.6 Å². The number of anilines is 2. The third kappa shape index (κ3) is 3.19. The Bertz CT molecular complexity index is 1370. The minimum absolute atomic E-state index is 0.233. The number of aliphatic hydroxyl groups excluding tert-OH is 2. The van der Waals surface area contributed by atoms with E-state index in [-0.39, 0.29) is 18.6 Å². The zero-order chi connectivity index (χ0) is 22.7. The van der Waals surface area contributed by atoms with Crippen LogP contribution in [0.1, 0.15) is 30.1 Å². The average Bonchev–Trinajstić information content (AvgIpc) is 3.46. The van der Waals surface area contributed by atoms with E-state index < -0.39 is 12.2 Å². The number of fused-ring (bicyclic) bond motifs is 4. The lowest BCUT2D eigenvalue weighted by Crippen LogP contribution is -2.31. The van der Waals surface area contributed by atoms with Gasteiger partial charge in [0.05, 0.1) is 29.7 Å². The van der Waals surface area contributed by atoms with Gasteiger partial charge >= 0.3 is 0 Å². The van der Waals surface area contributed by atoms with Gasteiger partial charge in [0.1, 0.15) is 35.5 Å². The summed E-state index contributed by atoms with van der Waals surface area (Å²) in [7, 11) is 0. The molecule has 0 radical (unpaired) electrons. The minimum Gasteiger partial charge on any atom is -0.493 e. The molecule has 1 saturated carbocycles. The summed E-state index contributed by atoms with van der Waals surface area (Å²) in [6, 6.07) is 9.03. The number of ether oxygens (including phenoxy) is 1. The molecule has 1 aromatic carbocycles. The van der Waals surface area contributed by atoms with Gasteiger partial charge in [-0.1, -0.05) is 0 Å². The van der Waals surface area contributed by atoms with Crippen molar-refractivity contribution in [3.63, 3.8) is 0 Å². The molecule has 0 unspecified atom stereocenters. The van der Waals surface area contributed by atoms with Crippen LogP contribution in [0.5, 0.6) is 5.75 Å². The number of hydrogen-bond acceptors (Lipinski definition) is 8. The van der Waals surface area contributed by atoms with Crippen LogP contribution >= 0.6 is 0 Å². The Morgan fingerprint density at radius 1 is 1.06 bits per heavy atom. The summed E-state index contributed by atoms with van der Waals surface area (Å²) in [6.45, 7) is 0.279. The molecule has 2 aliphatic rings. The highest BCUT2D eigenvalue weighted by atomic mass is 16.5. The van der Waals surface area contributed by atoms with Crippen LogP contribution in [0.25, 0.3) is 21.9 Å². The molecule has 6 N–H and O–H groups in total. The molecule has 3 aromatic heterocycles. The first kappa shape index (κ1) is 20.2. The van der Waals surface area contributed by atoms with Crippen molar-refractivity contribution >= 4 is 33.6 Å². The largest absolute Gasteiger partial charge is 0.493 e. The molecule has 2 aliphatic carbocycles. The maximum absolute atomic E-state index is 11.0. The number of hydrogen-bond donors (Lipinski definition) is 4. The van der Waals surface area contributed by atoms with Crippen LogP contribution in [0.15, 0.2) is 36.7 Å². The molecule has 0 saturated heterocycles. The molecule has 3 heterocycles. The van der Waals surface area contributed by atoms with Crippen molar-refractivity contribution < 1.29 is 14.9 Å². The molecule has 170 valence electrons. The molecule has 0 spiro atoms. The number of aryl methyl sites for hydroxylation is 1. The van der Waals surface area contributed by atoms with Crippen LogP contribution in [0.2, 0.25) is 0 Å². The van der Waals surface area contributed by atoms with Gasteiger partial charge in [-0.25, -0.2) is 15.0 Å². The summed E-state index contributed by atoms with van der Waals surface area (Å²) in [6.07, 6.45) is 3.07. The van der Waals surface area contributed by atoms with Gasteiger partial charge in [-0.15, -0.1) is 0 Å². The van der Waals surface area contributed by atoms with E-state index in [0.29, 0.717) is 23.8 Å². The van der Waals surface area contributed by atoms with Crippen LogP contribution in [-0.2, 0) is 12.8 Å². The van der Waals surface area contributed by atoms with E-state index in [1.165, 1.54) is 11.9 Å². The van der Waals surface area contributed by atoms with Crippen molar-refractivity contribution in [1.82, 2.24) is 19.5 Å². The van der Waals surface area contributed by atoms with Crippen molar-refractivity contribution in [3.8, 4) is 5.75 Å².